The molecule has 3 fully saturated rings. The van der Waals surface area contributed by atoms with Crippen molar-refractivity contribution < 1.29 is 29.7 Å². The van der Waals surface area contributed by atoms with Crippen LogP contribution >= 0.6 is 0 Å². The highest BCUT2D eigenvalue weighted by Crippen LogP contribution is 2.53. The zero-order valence-corrected chi connectivity index (χ0v) is 14.7. The molecule has 3 aliphatic rings. The standard InChI is InChI=1S/C8H13NO2.C4H7NO2.C4H9NO2/c9-6-3-5-1-2-8(6,4-5)7(10)11;5-4(1-2-4)3(6)7;1-4(2,5)3(6)7/h5-6H,1-4,9H2,(H,10,11);1-2,5H2,(H,6,7);5H2,1-2H3,(H,6,7). The molecule has 3 rings (SSSR count). The van der Waals surface area contributed by atoms with Gasteiger partial charge in [-0.15, -0.1) is 0 Å². The average molecular weight is 359 g/mol. The Hall–Kier alpha value is -1.71. The van der Waals surface area contributed by atoms with Gasteiger partial charge in [-0.25, -0.2) is 0 Å². The van der Waals surface area contributed by atoms with Crippen LogP contribution in [-0.4, -0.2) is 50.3 Å². The minimum absolute atomic E-state index is 0.0845. The zero-order valence-electron chi connectivity index (χ0n) is 14.7. The Labute approximate surface area is 146 Å². The number of fused-ring (bicyclic) bond motifs is 2. The third-order valence-electron chi connectivity index (χ3n) is 5.14. The molecule has 9 N–H and O–H groups in total. The molecular formula is C16H29N3O6. The Morgan fingerprint density at radius 1 is 1.04 bits per heavy atom. The molecular weight excluding hydrogens is 330 g/mol. The second-order valence-corrected chi connectivity index (χ2v) is 7.90. The molecule has 0 aliphatic heterocycles. The number of hydrogen-bond donors (Lipinski definition) is 6. The molecule has 0 spiro atoms. The van der Waals surface area contributed by atoms with E-state index in [0.29, 0.717) is 18.8 Å². The van der Waals surface area contributed by atoms with E-state index in [-0.39, 0.29) is 6.04 Å². The molecule has 144 valence electrons. The molecule has 3 unspecified atom stereocenters. The Bertz CT molecular complexity index is 525. The number of carbonyl (C=O) groups is 3. The highest BCUT2D eigenvalue weighted by atomic mass is 16.4. The number of aliphatic carboxylic acids is 3. The van der Waals surface area contributed by atoms with E-state index in [4.69, 9.17) is 32.5 Å². The van der Waals surface area contributed by atoms with E-state index in [1.807, 2.05) is 0 Å². The van der Waals surface area contributed by atoms with Crippen LogP contribution in [0.5, 0.6) is 0 Å². The van der Waals surface area contributed by atoms with E-state index >= 15 is 0 Å². The van der Waals surface area contributed by atoms with Gasteiger partial charge in [0.15, 0.2) is 0 Å². The van der Waals surface area contributed by atoms with Crippen LogP contribution in [0.2, 0.25) is 0 Å². The van der Waals surface area contributed by atoms with Crippen molar-refractivity contribution >= 4 is 17.9 Å². The van der Waals surface area contributed by atoms with E-state index < -0.39 is 34.4 Å². The van der Waals surface area contributed by atoms with Crippen LogP contribution in [0.1, 0.15) is 52.4 Å². The van der Waals surface area contributed by atoms with Crippen LogP contribution in [-0.2, 0) is 14.4 Å². The van der Waals surface area contributed by atoms with Gasteiger partial charge in [0, 0.05) is 6.04 Å². The summed E-state index contributed by atoms with van der Waals surface area (Å²) in [6.07, 6.45) is 4.90. The van der Waals surface area contributed by atoms with Gasteiger partial charge in [-0.3, -0.25) is 14.4 Å². The molecule has 0 aromatic carbocycles. The molecule has 0 heterocycles. The summed E-state index contributed by atoms with van der Waals surface area (Å²) < 4.78 is 0. The quantitative estimate of drug-likeness (QED) is 0.401. The van der Waals surface area contributed by atoms with Gasteiger partial charge < -0.3 is 32.5 Å². The van der Waals surface area contributed by atoms with Gasteiger partial charge in [-0.1, -0.05) is 0 Å². The number of nitrogens with two attached hydrogens (primary N) is 3. The maximum Gasteiger partial charge on any atom is 0.323 e. The van der Waals surface area contributed by atoms with Gasteiger partial charge in [0.2, 0.25) is 0 Å². The minimum Gasteiger partial charge on any atom is -0.481 e. The maximum atomic E-state index is 10.9. The predicted molar refractivity (Wildman–Crippen MR) is 89.7 cm³/mol. The molecule has 25 heavy (non-hydrogen) atoms. The van der Waals surface area contributed by atoms with E-state index in [1.165, 1.54) is 13.8 Å². The lowest BCUT2D eigenvalue weighted by Crippen LogP contribution is -2.43. The summed E-state index contributed by atoms with van der Waals surface area (Å²) in [5.74, 6) is -1.92. The van der Waals surface area contributed by atoms with Crippen molar-refractivity contribution in [3.8, 4) is 0 Å². The molecule has 3 aliphatic carbocycles. The molecule has 3 saturated carbocycles. The number of carboxylic acid groups (broad SMARTS) is 3. The van der Waals surface area contributed by atoms with E-state index in [2.05, 4.69) is 0 Å². The summed E-state index contributed by atoms with van der Waals surface area (Å²) in [5, 5.41) is 25.3. The van der Waals surface area contributed by atoms with E-state index in [9.17, 15) is 14.4 Å². The molecule has 3 atom stereocenters. The fourth-order valence-corrected chi connectivity index (χ4v) is 3.00. The van der Waals surface area contributed by atoms with Crippen molar-refractivity contribution in [2.24, 2.45) is 28.5 Å². The van der Waals surface area contributed by atoms with Crippen molar-refractivity contribution in [2.75, 3.05) is 0 Å². The van der Waals surface area contributed by atoms with E-state index in [1.54, 1.807) is 0 Å². The Balaban J connectivity index is 0.000000197. The minimum atomic E-state index is -1.08. The van der Waals surface area contributed by atoms with E-state index in [0.717, 1.165) is 25.7 Å². The van der Waals surface area contributed by atoms with Crippen LogP contribution in [0.15, 0.2) is 0 Å². The monoisotopic (exact) mass is 359 g/mol. The third-order valence-corrected chi connectivity index (χ3v) is 5.14. The van der Waals surface area contributed by atoms with Gasteiger partial charge in [-0.2, -0.15) is 0 Å². The molecule has 0 amide bonds. The summed E-state index contributed by atoms with van der Waals surface area (Å²) in [4.78, 5) is 30.8. The fourth-order valence-electron chi connectivity index (χ4n) is 3.00. The van der Waals surface area contributed by atoms with Crippen LogP contribution in [0.4, 0.5) is 0 Å². The van der Waals surface area contributed by atoms with Gasteiger partial charge in [0.05, 0.1) is 5.41 Å². The van der Waals surface area contributed by atoms with Gasteiger partial charge in [0.1, 0.15) is 11.1 Å². The largest absolute Gasteiger partial charge is 0.481 e. The number of carboxylic acids is 3. The van der Waals surface area contributed by atoms with Crippen LogP contribution in [0.25, 0.3) is 0 Å². The first-order chi connectivity index (χ1) is 11.2. The van der Waals surface area contributed by atoms with Gasteiger partial charge in [-0.05, 0) is 58.3 Å². The highest BCUT2D eigenvalue weighted by Gasteiger charge is 2.55. The molecule has 2 bridgehead atoms. The Morgan fingerprint density at radius 2 is 1.52 bits per heavy atom. The first kappa shape index (κ1) is 21.3. The van der Waals surface area contributed by atoms with Crippen LogP contribution in [0.3, 0.4) is 0 Å². The van der Waals surface area contributed by atoms with Crippen molar-refractivity contribution in [2.45, 2.75) is 69.5 Å². The third kappa shape index (κ3) is 5.13. The highest BCUT2D eigenvalue weighted by molar-refractivity contribution is 5.81. The molecule has 0 saturated heterocycles. The van der Waals surface area contributed by atoms with Crippen LogP contribution in [0, 0.1) is 11.3 Å². The maximum absolute atomic E-state index is 10.9. The lowest BCUT2D eigenvalue weighted by Gasteiger charge is -2.27. The summed E-state index contributed by atoms with van der Waals surface area (Å²) in [5.41, 5.74) is 13.6. The molecule has 9 nitrogen and oxygen atoms in total. The SMILES string of the molecule is CC(C)(N)C(=O)O.NC1(C(=O)O)CC1.NC1CC2CCC1(C(=O)O)C2. The number of rotatable bonds is 3. The Kier molecular flexibility index (Phi) is 6.20. The first-order valence-corrected chi connectivity index (χ1v) is 8.28. The second kappa shape index (κ2) is 7.27. The number of hydrogen-bond acceptors (Lipinski definition) is 6. The zero-order chi connectivity index (χ0) is 19.6. The van der Waals surface area contributed by atoms with Crippen molar-refractivity contribution in [3.05, 3.63) is 0 Å². The molecule has 0 aromatic heterocycles. The lowest BCUT2D eigenvalue weighted by molar-refractivity contribution is -0.149. The normalized spacial score (nSPS) is 31.1. The van der Waals surface area contributed by atoms with Crippen molar-refractivity contribution in [3.63, 3.8) is 0 Å². The summed E-state index contributed by atoms with van der Waals surface area (Å²) in [7, 11) is 0. The Morgan fingerprint density at radius 3 is 1.64 bits per heavy atom. The molecule has 9 heteroatoms. The molecule has 0 radical (unpaired) electrons. The van der Waals surface area contributed by atoms with Gasteiger partial charge >= 0.3 is 17.9 Å². The summed E-state index contributed by atoms with van der Waals surface area (Å²) in [6.45, 7) is 2.88. The van der Waals surface area contributed by atoms with Gasteiger partial charge in [0.25, 0.3) is 0 Å². The van der Waals surface area contributed by atoms with Crippen LogP contribution < -0.4 is 17.2 Å². The summed E-state index contributed by atoms with van der Waals surface area (Å²) in [6, 6.07) is -0.0845. The van der Waals surface area contributed by atoms with Crippen molar-refractivity contribution in [1.82, 2.24) is 0 Å². The topological polar surface area (TPSA) is 190 Å². The lowest BCUT2D eigenvalue weighted by atomic mass is 9.80. The average Bonchev–Trinajstić information content (AvgIpc) is 2.95. The predicted octanol–water partition coefficient (Wildman–Crippen LogP) is -0.0409. The van der Waals surface area contributed by atoms with Crippen molar-refractivity contribution in [1.29, 1.82) is 0 Å². The smallest absolute Gasteiger partial charge is 0.323 e. The summed E-state index contributed by atoms with van der Waals surface area (Å²) >= 11 is 0. The fraction of sp³-hybridized carbons (Fsp3) is 0.812. The first-order valence-electron chi connectivity index (χ1n) is 8.28. The molecule has 0 aromatic rings. The second-order valence-electron chi connectivity index (χ2n) is 7.90.